The van der Waals surface area contributed by atoms with Crippen LogP contribution >= 0.6 is 7.82 Å². The van der Waals surface area contributed by atoms with Gasteiger partial charge < -0.3 is 45.1 Å². The highest BCUT2D eigenvalue weighted by Gasteiger charge is 2.48. The maximum absolute atomic E-state index is 12.1. The monoisotopic (exact) mass is 559 g/mol. The Bertz CT molecular complexity index is 750. The van der Waals surface area contributed by atoms with E-state index in [1.54, 1.807) is 27.7 Å². The summed E-state index contributed by atoms with van der Waals surface area (Å²) in [6.07, 6.45) is -3.88. The normalized spacial score (nSPS) is 26.7. The van der Waals surface area contributed by atoms with E-state index in [4.69, 9.17) is 18.5 Å². The van der Waals surface area contributed by atoms with Crippen molar-refractivity contribution < 1.29 is 57.6 Å². The molecular weight excluding hydrogens is 515 g/mol. The average Bonchev–Trinajstić information content (AvgIpc) is 2.78. The van der Waals surface area contributed by atoms with Crippen molar-refractivity contribution in [3.63, 3.8) is 0 Å². The summed E-state index contributed by atoms with van der Waals surface area (Å²) in [7, 11) is -4.31. The third kappa shape index (κ3) is 13.3. The van der Waals surface area contributed by atoms with Gasteiger partial charge in [-0.1, -0.05) is 6.92 Å². The number of rotatable bonds is 15. The number of unbranched alkanes of at least 4 members (excludes halogenated alkanes) is 2. The number of nitrogens with one attached hydrogen (secondary N) is 2. The molecular formula is C22H44N2O12P+. The topological polar surface area (TPSA) is 206 Å². The van der Waals surface area contributed by atoms with Gasteiger partial charge in [0.1, 0.15) is 37.6 Å². The smallest absolute Gasteiger partial charge is 0.447 e. The first-order valence-corrected chi connectivity index (χ1v) is 13.9. The zero-order valence-electron chi connectivity index (χ0n) is 22.2. The Labute approximate surface area is 217 Å². The number of hydrogen-bond acceptors (Lipinski definition) is 10. The first-order valence-electron chi connectivity index (χ1n) is 12.4. The molecule has 0 saturated carbocycles. The van der Waals surface area contributed by atoms with Crippen LogP contribution in [0.1, 0.15) is 60.3 Å². The van der Waals surface area contributed by atoms with Crippen LogP contribution in [0.25, 0.3) is 0 Å². The molecule has 7 atom stereocenters. The number of alkyl carbamates (subject to hydrolysis) is 1. The van der Waals surface area contributed by atoms with Gasteiger partial charge in [-0.2, -0.15) is 0 Å². The summed E-state index contributed by atoms with van der Waals surface area (Å²) in [5.41, 5.74) is -0.879. The maximum atomic E-state index is 12.1. The molecule has 2 amide bonds. The second-order valence-electron chi connectivity index (χ2n) is 9.76. The molecule has 1 rings (SSSR count). The van der Waals surface area contributed by atoms with Gasteiger partial charge in [0.2, 0.25) is 5.91 Å². The standard InChI is InChI=1S/C22H43N2O12P/c1-6-15(35-37(30,31)36-22(3,4)5)13-33-21(29)23-10-8-7-9-11-32-20-17(24-14(2)26)19(28)18(27)16(12-25)34-20/h15-20,25,27-28H,6-13H2,1-5H3,(H,23,29)(H,24,26)(H,30,31)/p+1/t15-,16+,17+,18-,19+,20?/m0/s1. The maximum Gasteiger partial charge on any atom is 0.473 e. The molecule has 1 heterocycles. The molecule has 0 aliphatic carbocycles. The zero-order valence-corrected chi connectivity index (χ0v) is 23.1. The second kappa shape index (κ2) is 15.9. The van der Waals surface area contributed by atoms with Crippen LogP contribution in [-0.4, -0.2) is 106 Å². The lowest BCUT2D eigenvalue weighted by Gasteiger charge is -2.39. The van der Waals surface area contributed by atoms with Crippen molar-refractivity contribution >= 4 is 19.8 Å². The van der Waals surface area contributed by atoms with Crippen LogP contribution in [0.4, 0.5) is 4.79 Å². The van der Waals surface area contributed by atoms with Crippen molar-refractivity contribution in [1.29, 1.82) is 0 Å². The zero-order chi connectivity index (χ0) is 28.2. The summed E-state index contributed by atoms with van der Waals surface area (Å²) < 4.78 is 37.1. The molecule has 1 fully saturated rings. The van der Waals surface area contributed by atoms with Crippen molar-refractivity contribution in [3.8, 4) is 0 Å². The van der Waals surface area contributed by atoms with Gasteiger partial charge in [-0.3, -0.25) is 13.8 Å². The van der Waals surface area contributed by atoms with Gasteiger partial charge in [-0.05, 0) is 40.0 Å². The molecule has 7 N–H and O–H groups in total. The molecule has 218 valence electrons. The predicted octanol–water partition coefficient (Wildman–Crippen LogP) is 0.0653. The van der Waals surface area contributed by atoms with Crippen LogP contribution < -0.4 is 10.6 Å². The van der Waals surface area contributed by atoms with Crippen LogP contribution in [0, 0.1) is 0 Å². The van der Waals surface area contributed by atoms with Crippen LogP contribution in [-0.2, 0) is 27.9 Å². The number of aliphatic hydroxyl groups is 5. The lowest BCUT2D eigenvalue weighted by atomic mass is 9.97. The third-order valence-electron chi connectivity index (χ3n) is 5.21. The van der Waals surface area contributed by atoms with Crippen molar-refractivity contribution in [3.05, 3.63) is 0 Å². The fourth-order valence-corrected chi connectivity index (χ4v) is 4.79. The Hall–Kier alpha value is -1.35. The van der Waals surface area contributed by atoms with Crippen LogP contribution in [0.2, 0.25) is 0 Å². The quantitative estimate of drug-likeness (QED) is 0.0899. The summed E-state index contributed by atoms with van der Waals surface area (Å²) >= 11 is 0. The van der Waals surface area contributed by atoms with Crippen molar-refractivity contribution in [2.24, 2.45) is 0 Å². The fraction of sp³-hybridized carbons (Fsp3) is 0.909. The van der Waals surface area contributed by atoms with Crippen LogP contribution in [0.5, 0.6) is 0 Å². The van der Waals surface area contributed by atoms with E-state index in [9.17, 15) is 34.4 Å². The van der Waals surface area contributed by atoms with E-state index >= 15 is 0 Å². The average molecular weight is 560 g/mol. The van der Waals surface area contributed by atoms with E-state index in [1.807, 2.05) is 0 Å². The van der Waals surface area contributed by atoms with Gasteiger partial charge >= 0.3 is 13.9 Å². The Kier molecular flexibility index (Phi) is 14.5. The Morgan fingerprint density at radius 2 is 1.84 bits per heavy atom. The van der Waals surface area contributed by atoms with E-state index in [0.29, 0.717) is 38.8 Å². The molecule has 15 heteroatoms. The van der Waals surface area contributed by atoms with Crippen molar-refractivity contribution in [2.45, 2.75) is 103 Å². The molecule has 37 heavy (non-hydrogen) atoms. The summed E-state index contributed by atoms with van der Waals surface area (Å²) in [4.78, 5) is 33.2. The summed E-state index contributed by atoms with van der Waals surface area (Å²) in [5.74, 6) is -0.416. The molecule has 2 unspecified atom stereocenters. The number of phosphoric acid groups is 1. The highest BCUT2D eigenvalue weighted by Crippen LogP contribution is 2.48. The van der Waals surface area contributed by atoms with E-state index in [-0.39, 0.29) is 6.61 Å². The van der Waals surface area contributed by atoms with Gasteiger partial charge in [0.15, 0.2) is 6.04 Å². The van der Waals surface area contributed by atoms with Gasteiger partial charge in [-0.25, -0.2) is 9.36 Å². The number of ether oxygens (including phenoxy) is 3. The van der Waals surface area contributed by atoms with Gasteiger partial charge in [0.05, 0.1) is 12.2 Å². The van der Waals surface area contributed by atoms with Crippen molar-refractivity contribution in [1.82, 2.24) is 10.6 Å². The summed E-state index contributed by atoms with van der Waals surface area (Å²) in [6, 6.07) is -0.942. The Morgan fingerprint density at radius 3 is 2.41 bits per heavy atom. The number of carbonyl (C=O) groups excluding carboxylic acids is 2. The third-order valence-corrected chi connectivity index (χ3v) is 6.55. The molecule has 0 spiro atoms. The van der Waals surface area contributed by atoms with Gasteiger partial charge in [0.25, 0.3) is 6.29 Å². The number of phosphoric ester groups is 1. The first-order chi connectivity index (χ1) is 17.2. The minimum Gasteiger partial charge on any atom is -0.447 e. The number of aliphatic hydroxyl groups excluding tert-OH is 3. The number of amides is 2. The minimum atomic E-state index is -4.31. The summed E-state index contributed by atoms with van der Waals surface area (Å²) in [6.45, 7) is 7.78. The molecule has 1 saturated heterocycles. The van der Waals surface area contributed by atoms with Gasteiger partial charge in [0, 0.05) is 19.9 Å². The van der Waals surface area contributed by atoms with Crippen molar-refractivity contribution in [2.75, 3.05) is 26.4 Å². The highest BCUT2D eigenvalue weighted by atomic mass is 31.2. The largest absolute Gasteiger partial charge is 0.473 e. The molecule has 0 bridgehead atoms. The molecule has 1 aliphatic heterocycles. The molecule has 0 radical (unpaired) electrons. The van der Waals surface area contributed by atoms with Crippen LogP contribution in [0.3, 0.4) is 0 Å². The second-order valence-corrected chi connectivity index (χ2v) is 11.1. The minimum absolute atomic E-state index is 0.217. The Balaban J connectivity index is 2.30. The SMILES string of the molecule is CC[C@@H](COC(=O)NCCCCC[OH+]C1O[C@H](CO)[C@H](O)[C@H](O)[C@H]1NC(C)=O)OP(=O)(O)OC(C)(C)C. The molecule has 0 aromatic rings. The van der Waals surface area contributed by atoms with E-state index < -0.39 is 68.8 Å². The first kappa shape index (κ1) is 33.7. The molecule has 1 aliphatic rings. The van der Waals surface area contributed by atoms with E-state index in [1.165, 1.54) is 6.92 Å². The predicted molar refractivity (Wildman–Crippen MR) is 131 cm³/mol. The highest BCUT2D eigenvalue weighted by molar-refractivity contribution is 7.47. The molecule has 0 aromatic heterocycles. The fourth-order valence-electron chi connectivity index (χ4n) is 3.47. The molecule has 0 aromatic carbocycles. The van der Waals surface area contributed by atoms with Crippen LogP contribution in [0.15, 0.2) is 0 Å². The van der Waals surface area contributed by atoms with E-state index in [0.717, 1.165) is 0 Å². The lowest BCUT2D eigenvalue weighted by Crippen LogP contribution is -2.65. The summed E-state index contributed by atoms with van der Waals surface area (Å²) in [5, 5.41) is 34.7. The van der Waals surface area contributed by atoms with E-state index in [2.05, 4.69) is 15.4 Å². The number of carbonyl (C=O) groups is 2. The molecule has 14 nitrogen and oxygen atoms in total. The lowest BCUT2D eigenvalue weighted by molar-refractivity contribution is -0.323. The number of hydrogen-bond donors (Lipinski definition) is 6. The Morgan fingerprint density at radius 1 is 1.16 bits per heavy atom. The van der Waals surface area contributed by atoms with Gasteiger partial charge in [-0.15, -0.1) is 0 Å².